The zero-order valence-electron chi connectivity index (χ0n) is 13.2. The van der Waals surface area contributed by atoms with Gasteiger partial charge in [-0.3, -0.25) is 4.79 Å². The minimum atomic E-state index is -1.25. The maximum absolute atomic E-state index is 12.0. The van der Waals surface area contributed by atoms with E-state index in [2.05, 4.69) is 5.32 Å². The van der Waals surface area contributed by atoms with Crippen LogP contribution in [0.1, 0.15) is 21.5 Å². The second-order valence-corrected chi connectivity index (χ2v) is 5.47. The number of carboxylic acid groups (broad SMARTS) is 2. The molecule has 1 unspecified atom stereocenters. The maximum atomic E-state index is 12.0. The van der Waals surface area contributed by atoms with Crippen molar-refractivity contribution in [2.45, 2.75) is 18.9 Å². The Morgan fingerprint density at radius 3 is 2.24 bits per heavy atom. The number of phenolic OH excluding ortho intramolecular Hbond substituents is 1. The summed E-state index contributed by atoms with van der Waals surface area (Å²) in [6.45, 7) is 0. The van der Waals surface area contributed by atoms with E-state index in [-0.39, 0.29) is 29.7 Å². The van der Waals surface area contributed by atoms with Crippen LogP contribution in [-0.4, -0.2) is 39.2 Å². The average molecular weight is 343 g/mol. The smallest absolute Gasteiger partial charge is 0.335 e. The zero-order chi connectivity index (χ0) is 18.4. The van der Waals surface area contributed by atoms with E-state index >= 15 is 0 Å². The average Bonchev–Trinajstić information content (AvgIpc) is 2.56. The molecule has 130 valence electrons. The van der Waals surface area contributed by atoms with Gasteiger partial charge >= 0.3 is 11.9 Å². The topological polar surface area (TPSA) is 124 Å². The number of hydrogen-bond donors (Lipinski definition) is 4. The van der Waals surface area contributed by atoms with Gasteiger partial charge in [0.25, 0.3) is 0 Å². The lowest BCUT2D eigenvalue weighted by molar-refractivity contribution is -0.141. The van der Waals surface area contributed by atoms with Gasteiger partial charge in [-0.25, -0.2) is 9.59 Å². The van der Waals surface area contributed by atoms with Crippen LogP contribution in [0.4, 0.5) is 0 Å². The SMILES string of the molecule is O=C(Cc1ccccc1)NC(Cc1ccc(C(=O)O)cc1O)C(=O)O. The van der Waals surface area contributed by atoms with Gasteiger partial charge in [0, 0.05) is 6.42 Å². The molecule has 0 aliphatic heterocycles. The van der Waals surface area contributed by atoms with Crippen LogP contribution in [0.25, 0.3) is 0 Å². The standard InChI is InChI=1S/C18H17NO6/c20-15-10-13(17(22)23)7-6-12(15)9-14(18(24)25)19-16(21)8-11-4-2-1-3-5-11/h1-7,10,14,20H,8-9H2,(H,19,21)(H,22,23)(H,24,25). The second kappa shape index (κ2) is 7.96. The number of carboxylic acids is 2. The number of phenols is 1. The lowest BCUT2D eigenvalue weighted by Gasteiger charge is -2.15. The minimum Gasteiger partial charge on any atom is -0.508 e. The molecule has 0 saturated carbocycles. The van der Waals surface area contributed by atoms with E-state index in [1.54, 1.807) is 24.3 Å². The molecular weight excluding hydrogens is 326 g/mol. The van der Waals surface area contributed by atoms with Gasteiger partial charge < -0.3 is 20.6 Å². The van der Waals surface area contributed by atoms with Crippen LogP contribution < -0.4 is 5.32 Å². The Bertz CT molecular complexity index is 787. The highest BCUT2D eigenvalue weighted by atomic mass is 16.4. The molecule has 0 aliphatic rings. The highest BCUT2D eigenvalue weighted by molar-refractivity contribution is 5.88. The Balaban J connectivity index is 2.07. The van der Waals surface area contributed by atoms with E-state index in [1.165, 1.54) is 12.1 Å². The van der Waals surface area contributed by atoms with Crippen molar-refractivity contribution in [3.8, 4) is 5.75 Å². The van der Waals surface area contributed by atoms with E-state index < -0.39 is 23.9 Å². The number of hydrogen-bond acceptors (Lipinski definition) is 4. The van der Waals surface area contributed by atoms with Gasteiger partial charge in [0.15, 0.2) is 0 Å². The number of aliphatic carboxylic acids is 1. The van der Waals surface area contributed by atoms with Gasteiger partial charge in [-0.15, -0.1) is 0 Å². The van der Waals surface area contributed by atoms with Crippen molar-refractivity contribution in [3.63, 3.8) is 0 Å². The number of amides is 1. The third-order valence-electron chi connectivity index (χ3n) is 3.60. The van der Waals surface area contributed by atoms with Crippen molar-refractivity contribution in [2.24, 2.45) is 0 Å². The molecule has 0 aliphatic carbocycles. The third kappa shape index (κ3) is 5.07. The molecule has 0 radical (unpaired) electrons. The first-order valence-corrected chi connectivity index (χ1v) is 7.48. The second-order valence-electron chi connectivity index (χ2n) is 5.47. The summed E-state index contributed by atoms with van der Waals surface area (Å²) < 4.78 is 0. The highest BCUT2D eigenvalue weighted by Crippen LogP contribution is 2.20. The number of benzene rings is 2. The van der Waals surface area contributed by atoms with Crippen molar-refractivity contribution < 1.29 is 29.7 Å². The Kier molecular flexibility index (Phi) is 5.73. The van der Waals surface area contributed by atoms with Crippen LogP contribution in [0.3, 0.4) is 0 Å². The summed E-state index contributed by atoms with van der Waals surface area (Å²) in [5.74, 6) is -3.24. The van der Waals surface area contributed by atoms with Crippen molar-refractivity contribution >= 4 is 17.8 Å². The van der Waals surface area contributed by atoms with Crippen LogP contribution in [0, 0.1) is 0 Å². The van der Waals surface area contributed by atoms with Crippen molar-refractivity contribution in [1.82, 2.24) is 5.32 Å². The Morgan fingerprint density at radius 2 is 1.68 bits per heavy atom. The van der Waals surface area contributed by atoms with Gasteiger partial charge in [-0.1, -0.05) is 36.4 Å². The molecule has 0 bridgehead atoms. The number of rotatable bonds is 7. The molecule has 1 amide bonds. The molecule has 0 fully saturated rings. The minimum absolute atomic E-state index is 0.0363. The van der Waals surface area contributed by atoms with Crippen LogP contribution in [-0.2, 0) is 22.4 Å². The summed E-state index contributed by atoms with van der Waals surface area (Å²) in [5.41, 5.74) is 0.872. The van der Waals surface area contributed by atoms with Crippen LogP contribution in [0.5, 0.6) is 5.75 Å². The van der Waals surface area contributed by atoms with Gasteiger partial charge in [0.1, 0.15) is 11.8 Å². The molecular formula is C18H17NO6. The van der Waals surface area contributed by atoms with E-state index in [0.717, 1.165) is 11.6 Å². The van der Waals surface area contributed by atoms with E-state index in [0.29, 0.717) is 0 Å². The number of aromatic hydroxyl groups is 1. The molecule has 1 atom stereocenters. The van der Waals surface area contributed by atoms with Crippen LogP contribution >= 0.6 is 0 Å². The van der Waals surface area contributed by atoms with Crippen molar-refractivity contribution in [3.05, 3.63) is 65.2 Å². The first-order valence-electron chi connectivity index (χ1n) is 7.48. The fourth-order valence-electron chi connectivity index (χ4n) is 2.32. The number of carbonyl (C=O) groups excluding carboxylic acids is 1. The molecule has 7 nitrogen and oxygen atoms in total. The fraction of sp³-hybridized carbons (Fsp3) is 0.167. The van der Waals surface area contributed by atoms with Crippen molar-refractivity contribution in [2.75, 3.05) is 0 Å². The molecule has 25 heavy (non-hydrogen) atoms. The normalized spacial score (nSPS) is 11.5. The van der Waals surface area contributed by atoms with Gasteiger partial charge in [-0.2, -0.15) is 0 Å². The Labute approximate surface area is 143 Å². The van der Waals surface area contributed by atoms with E-state index in [4.69, 9.17) is 5.11 Å². The molecule has 2 aromatic rings. The Hall–Kier alpha value is -3.35. The molecule has 4 N–H and O–H groups in total. The summed E-state index contributed by atoms with van der Waals surface area (Å²) in [4.78, 5) is 34.3. The lowest BCUT2D eigenvalue weighted by atomic mass is 10.0. The maximum Gasteiger partial charge on any atom is 0.335 e. The number of carbonyl (C=O) groups is 3. The molecule has 2 rings (SSSR count). The number of aromatic carboxylic acids is 1. The quantitative estimate of drug-likeness (QED) is 0.603. The van der Waals surface area contributed by atoms with E-state index in [1.807, 2.05) is 6.07 Å². The van der Waals surface area contributed by atoms with E-state index in [9.17, 15) is 24.6 Å². The number of nitrogens with one attached hydrogen (secondary N) is 1. The van der Waals surface area contributed by atoms with Crippen LogP contribution in [0.2, 0.25) is 0 Å². The summed E-state index contributed by atoms with van der Waals surface area (Å²) in [5, 5.41) is 30.4. The van der Waals surface area contributed by atoms with Crippen LogP contribution in [0.15, 0.2) is 48.5 Å². The van der Waals surface area contributed by atoms with Crippen molar-refractivity contribution in [1.29, 1.82) is 0 Å². The monoisotopic (exact) mass is 343 g/mol. The first-order chi connectivity index (χ1) is 11.9. The van der Waals surface area contributed by atoms with Gasteiger partial charge in [0.2, 0.25) is 5.91 Å². The molecule has 0 saturated heterocycles. The summed E-state index contributed by atoms with van der Waals surface area (Å²) in [6.07, 6.45) is -0.129. The third-order valence-corrected chi connectivity index (χ3v) is 3.60. The van der Waals surface area contributed by atoms with Gasteiger partial charge in [-0.05, 0) is 23.3 Å². The Morgan fingerprint density at radius 1 is 1.00 bits per heavy atom. The molecule has 7 heteroatoms. The summed E-state index contributed by atoms with van der Waals surface area (Å²) >= 11 is 0. The highest BCUT2D eigenvalue weighted by Gasteiger charge is 2.22. The predicted octanol–water partition coefficient (Wildman–Crippen LogP) is 1.44. The zero-order valence-corrected chi connectivity index (χ0v) is 13.2. The predicted molar refractivity (Wildman–Crippen MR) is 88.5 cm³/mol. The molecule has 0 heterocycles. The van der Waals surface area contributed by atoms with Gasteiger partial charge in [0.05, 0.1) is 12.0 Å². The largest absolute Gasteiger partial charge is 0.508 e. The molecule has 0 aromatic heterocycles. The lowest BCUT2D eigenvalue weighted by Crippen LogP contribution is -2.43. The summed E-state index contributed by atoms with van der Waals surface area (Å²) in [6, 6.07) is 11.3. The summed E-state index contributed by atoms with van der Waals surface area (Å²) in [7, 11) is 0. The fourth-order valence-corrected chi connectivity index (χ4v) is 2.32. The molecule has 0 spiro atoms. The molecule has 2 aromatic carbocycles. The first kappa shape index (κ1) is 18.0.